The van der Waals surface area contributed by atoms with Crippen LogP contribution in [0.5, 0.6) is 5.88 Å². The number of aromatic nitrogens is 2. The summed E-state index contributed by atoms with van der Waals surface area (Å²) in [6.45, 7) is 2.15. The van der Waals surface area contributed by atoms with Crippen molar-refractivity contribution < 1.29 is 57.3 Å². The molecule has 0 bridgehead atoms. The molecule has 0 radical (unpaired) electrons. The average molecular weight is 599 g/mol. The largest absolute Gasteiger partial charge is 0.508 e. The van der Waals surface area contributed by atoms with Crippen molar-refractivity contribution in [1.82, 2.24) is 9.78 Å². The lowest BCUT2D eigenvalue weighted by Gasteiger charge is -2.44. The minimum absolute atomic E-state index is 0.337. The number of hydrogen-bond acceptors (Lipinski definition) is 10. The summed E-state index contributed by atoms with van der Waals surface area (Å²) in [6.07, 6.45) is -14.4. The van der Waals surface area contributed by atoms with E-state index in [1.165, 1.54) is 13.8 Å². The lowest BCUT2D eigenvalue weighted by atomic mass is 9.97. The molecule has 4 N–H and O–H groups in total. The molecule has 0 aliphatic carbocycles. The molecule has 1 aliphatic heterocycles. The lowest BCUT2D eigenvalue weighted by molar-refractivity contribution is -0.423. The molecule has 3 rings (SSSR count). The summed E-state index contributed by atoms with van der Waals surface area (Å²) >= 11 is 3.25. The highest BCUT2D eigenvalue weighted by molar-refractivity contribution is 9.10. The summed E-state index contributed by atoms with van der Waals surface area (Å²) in [5.74, 6) is -3.92. The Labute approximate surface area is 217 Å². The van der Waals surface area contributed by atoms with Crippen LogP contribution in [-0.4, -0.2) is 80.5 Å². The number of hydrogen-bond donors (Lipinski definition) is 4. The molecule has 1 aromatic carbocycles. The van der Waals surface area contributed by atoms with E-state index >= 15 is 0 Å². The molecule has 2 aromatic rings. The van der Waals surface area contributed by atoms with Crippen molar-refractivity contribution in [2.45, 2.75) is 62.9 Å². The molecule has 1 fully saturated rings. The number of halogens is 4. The van der Waals surface area contributed by atoms with Crippen LogP contribution < -0.4 is 4.74 Å². The Balaban J connectivity index is 2.05. The van der Waals surface area contributed by atoms with Crippen molar-refractivity contribution in [2.75, 3.05) is 13.7 Å². The highest BCUT2D eigenvalue weighted by Gasteiger charge is 2.56. The van der Waals surface area contributed by atoms with Gasteiger partial charge in [-0.25, -0.2) is 4.79 Å². The topological polar surface area (TPSA) is 153 Å². The molecule has 5 atom stereocenters. The van der Waals surface area contributed by atoms with Gasteiger partial charge in [0.2, 0.25) is 5.88 Å². The van der Waals surface area contributed by atoms with Gasteiger partial charge in [-0.2, -0.15) is 13.2 Å². The minimum atomic E-state index is -4.88. The molecule has 0 unspecified atom stereocenters. The third-order valence-electron chi connectivity index (χ3n) is 5.55. The quantitative estimate of drug-likeness (QED) is 0.275. The summed E-state index contributed by atoms with van der Waals surface area (Å²) < 4.78 is 63.4. The molecule has 11 nitrogen and oxygen atoms in total. The van der Waals surface area contributed by atoms with Crippen LogP contribution >= 0.6 is 15.9 Å². The van der Waals surface area contributed by atoms with Crippen molar-refractivity contribution in [3.05, 3.63) is 45.6 Å². The fraction of sp³-hybridized carbons (Fsp3) is 0.545. The maximum absolute atomic E-state index is 14.2. The van der Waals surface area contributed by atoms with Crippen LogP contribution in [0.15, 0.2) is 28.7 Å². The molecule has 0 saturated carbocycles. The zero-order valence-electron chi connectivity index (χ0n) is 19.8. The predicted molar refractivity (Wildman–Crippen MR) is 121 cm³/mol. The van der Waals surface area contributed by atoms with E-state index in [2.05, 4.69) is 30.5 Å². The van der Waals surface area contributed by atoms with Crippen LogP contribution in [0.3, 0.4) is 0 Å². The van der Waals surface area contributed by atoms with Gasteiger partial charge < -0.3 is 39.4 Å². The Morgan fingerprint density at radius 1 is 1.22 bits per heavy atom. The molecular formula is C22H26BrF3N2O9. The molecular weight excluding hydrogens is 573 g/mol. The van der Waals surface area contributed by atoms with Crippen LogP contribution in [0.25, 0.3) is 0 Å². The number of carbonyl (C=O) groups is 1. The maximum Gasteiger partial charge on any atom is 0.508 e. The van der Waals surface area contributed by atoms with Gasteiger partial charge in [0.1, 0.15) is 30.6 Å². The van der Waals surface area contributed by atoms with Crippen molar-refractivity contribution in [3.63, 3.8) is 0 Å². The van der Waals surface area contributed by atoms with Crippen LogP contribution in [0.4, 0.5) is 18.0 Å². The van der Waals surface area contributed by atoms with E-state index in [-0.39, 0.29) is 6.42 Å². The third kappa shape index (κ3) is 6.35. The number of aliphatic hydroxyl groups is 4. The van der Waals surface area contributed by atoms with Gasteiger partial charge in [0, 0.05) is 16.9 Å². The molecule has 1 aliphatic rings. The first-order valence-corrected chi connectivity index (χ1v) is 11.7. The minimum Gasteiger partial charge on any atom is -0.438 e. The monoisotopic (exact) mass is 598 g/mol. The number of carbonyl (C=O) groups excluding carboxylic acids is 1. The van der Waals surface area contributed by atoms with Crippen molar-refractivity contribution >= 4 is 22.1 Å². The van der Waals surface area contributed by atoms with Crippen LogP contribution in [0.1, 0.15) is 36.7 Å². The Morgan fingerprint density at radius 2 is 1.84 bits per heavy atom. The van der Waals surface area contributed by atoms with E-state index < -0.39 is 72.5 Å². The Bertz CT molecular complexity index is 1100. The number of ether oxygens (including phenoxy) is 4. The van der Waals surface area contributed by atoms with E-state index in [9.17, 15) is 38.4 Å². The number of aliphatic hydroxyl groups excluding tert-OH is 3. The number of nitrogens with zero attached hydrogens (tertiary/aromatic N) is 2. The Morgan fingerprint density at radius 3 is 2.38 bits per heavy atom. The van der Waals surface area contributed by atoms with Gasteiger partial charge in [-0.1, -0.05) is 28.1 Å². The van der Waals surface area contributed by atoms with Crippen molar-refractivity contribution in [2.24, 2.45) is 0 Å². The maximum atomic E-state index is 14.2. The second kappa shape index (κ2) is 11.1. The van der Waals surface area contributed by atoms with Gasteiger partial charge in [0.15, 0.2) is 6.10 Å². The summed E-state index contributed by atoms with van der Waals surface area (Å²) in [6, 6.07) is 5.60. The van der Waals surface area contributed by atoms with E-state index in [4.69, 9.17) is 9.47 Å². The average Bonchev–Trinajstić information content (AvgIpc) is 3.18. The SMILES string of the molecule is COC(=O)OC[C@H]1O[C@@](O)(Oc2nn(C(C)C)c(C(F)(F)F)c2Cc2ccc(Br)cc2)[C@H](O)[C@@H](O)[C@@H]1O. The van der Waals surface area contributed by atoms with Crippen LogP contribution in [0, 0.1) is 0 Å². The van der Waals surface area contributed by atoms with Gasteiger partial charge in [0.25, 0.3) is 0 Å². The molecule has 1 aromatic heterocycles. The summed E-state index contributed by atoms with van der Waals surface area (Å²) in [7, 11) is 1.01. The zero-order valence-corrected chi connectivity index (χ0v) is 21.4. The molecule has 0 spiro atoms. The third-order valence-corrected chi connectivity index (χ3v) is 6.08. The first kappa shape index (κ1) is 29.1. The van der Waals surface area contributed by atoms with E-state index in [0.29, 0.717) is 14.7 Å². The number of benzene rings is 1. The summed E-state index contributed by atoms with van der Waals surface area (Å²) in [5.41, 5.74) is -1.19. The number of rotatable bonds is 7. The first-order chi connectivity index (χ1) is 17.2. The number of methoxy groups -OCH3 is 1. The molecule has 1 saturated heterocycles. The van der Waals surface area contributed by atoms with Crippen LogP contribution in [-0.2, 0) is 26.8 Å². The highest BCUT2D eigenvalue weighted by Crippen LogP contribution is 2.41. The molecule has 37 heavy (non-hydrogen) atoms. The van der Waals surface area contributed by atoms with Gasteiger partial charge in [-0.3, -0.25) is 4.68 Å². The zero-order chi connectivity index (χ0) is 27.7. The highest BCUT2D eigenvalue weighted by atomic mass is 79.9. The van der Waals surface area contributed by atoms with E-state index in [0.717, 1.165) is 7.11 Å². The Kier molecular flexibility index (Phi) is 8.76. The normalized spacial score (nSPS) is 26.3. The van der Waals surface area contributed by atoms with Gasteiger partial charge in [0.05, 0.1) is 12.7 Å². The fourth-order valence-corrected chi connectivity index (χ4v) is 3.98. The fourth-order valence-electron chi connectivity index (χ4n) is 3.71. The van der Waals surface area contributed by atoms with Gasteiger partial charge in [-0.15, -0.1) is 5.10 Å². The van der Waals surface area contributed by atoms with Crippen molar-refractivity contribution in [1.29, 1.82) is 0 Å². The van der Waals surface area contributed by atoms with Gasteiger partial charge in [-0.05, 0) is 31.5 Å². The standard InChI is InChI=1S/C22H26BrF3N2O9/c1-10(2)28-17(21(24,25)26)13(8-11-4-6-12(23)7-5-11)19(27-28)37-22(33)18(31)16(30)15(29)14(36-22)9-35-20(32)34-3/h4-7,10,14-16,18,29-31,33H,8-9H2,1-3H3/t14-,15-,16+,18-,22-/m1/s1. The first-order valence-electron chi connectivity index (χ1n) is 10.9. The lowest BCUT2D eigenvalue weighted by Crippen LogP contribution is -2.67. The smallest absolute Gasteiger partial charge is 0.438 e. The second-order valence-corrected chi connectivity index (χ2v) is 9.47. The molecule has 206 valence electrons. The summed E-state index contributed by atoms with van der Waals surface area (Å²) in [4.78, 5) is 11.3. The summed E-state index contributed by atoms with van der Waals surface area (Å²) in [5, 5.41) is 45.7. The van der Waals surface area contributed by atoms with Gasteiger partial charge >= 0.3 is 18.3 Å². The van der Waals surface area contributed by atoms with E-state index in [1.807, 2.05) is 0 Å². The van der Waals surface area contributed by atoms with E-state index in [1.54, 1.807) is 24.3 Å². The molecule has 0 amide bonds. The molecule has 15 heteroatoms. The van der Waals surface area contributed by atoms with Crippen molar-refractivity contribution in [3.8, 4) is 5.88 Å². The Hall–Kier alpha value is -2.43. The predicted octanol–water partition coefficient (Wildman–Crippen LogP) is 2.13. The molecule has 2 heterocycles. The second-order valence-electron chi connectivity index (χ2n) is 8.55. The van der Waals surface area contributed by atoms with Crippen LogP contribution in [0.2, 0.25) is 0 Å². The number of alkyl halides is 3.